The molecule has 0 radical (unpaired) electrons. The van der Waals surface area contributed by atoms with Crippen molar-refractivity contribution in [3.05, 3.63) is 71.8 Å². The molecule has 5 aromatic heterocycles. The predicted molar refractivity (Wildman–Crippen MR) is 145 cm³/mol. The van der Waals surface area contributed by atoms with Crippen LogP contribution in [0.2, 0.25) is 0 Å². The van der Waals surface area contributed by atoms with Gasteiger partial charge in [-0.2, -0.15) is 16.4 Å². The molecule has 0 atom stereocenters. The molecule has 36 heavy (non-hydrogen) atoms. The van der Waals surface area contributed by atoms with Gasteiger partial charge in [0, 0.05) is 28.7 Å². The predicted octanol–water partition coefficient (Wildman–Crippen LogP) is 5.40. The van der Waals surface area contributed by atoms with Crippen LogP contribution < -0.4 is 5.32 Å². The number of nitrogens with one attached hydrogen (secondary N) is 3. The largest absolute Gasteiger partial charge is 0.338 e. The van der Waals surface area contributed by atoms with Gasteiger partial charge in [-0.25, -0.2) is 4.98 Å². The van der Waals surface area contributed by atoms with Crippen molar-refractivity contribution in [2.45, 2.75) is 0 Å². The molecule has 0 aliphatic carbocycles. The van der Waals surface area contributed by atoms with E-state index in [1.807, 2.05) is 49.5 Å². The second-order valence-electron chi connectivity index (χ2n) is 8.90. The molecular weight excluding hydrogens is 470 g/mol. The number of nitrogens with zero attached hydrogens (tertiary/aromatic N) is 4. The molecule has 5 heterocycles. The zero-order chi connectivity index (χ0) is 24.6. The number of pyridine rings is 2. The van der Waals surface area contributed by atoms with Crippen molar-refractivity contribution < 1.29 is 4.79 Å². The number of hydrogen-bond acceptors (Lipinski definition) is 6. The van der Waals surface area contributed by atoms with Gasteiger partial charge in [-0.3, -0.25) is 14.9 Å². The van der Waals surface area contributed by atoms with Crippen LogP contribution in [-0.2, 0) is 4.79 Å². The first kappa shape index (κ1) is 22.1. The Bertz CT molecular complexity index is 1700. The number of likely N-dealkylation sites (N-methyl/N-ethyl adjacent to an activating group) is 1. The average Bonchev–Trinajstić information content (AvgIpc) is 3.62. The van der Waals surface area contributed by atoms with E-state index in [9.17, 15) is 4.79 Å². The molecule has 3 N–H and O–H groups in total. The molecule has 0 fully saturated rings. The fraction of sp³-hybridized carbons (Fsp3) is 0.111. The summed E-state index contributed by atoms with van der Waals surface area (Å²) < 4.78 is 0. The van der Waals surface area contributed by atoms with Crippen LogP contribution >= 0.6 is 11.3 Å². The van der Waals surface area contributed by atoms with Gasteiger partial charge in [0.25, 0.3) is 0 Å². The number of carbonyl (C=O) groups excluding carboxylic acids is 1. The van der Waals surface area contributed by atoms with E-state index < -0.39 is 0 Å². The Morgan fingerprint density at radius 1 is 1.03 bits per heavy atom. The fourth-order valence-corrected chi connectivity index (χ4v) is 5.03. The molecule has 6 rings (SSSR count). The van der Waals surface area contributed by atoms with Gasteiger partial charge in [-0.15, -0.1) is 0 Å². The number of aromatic amines is 2. The molecule has 6 aromatic rings. The van der Waals surface area contributed by atoms with E-state index in [4.69, 9.17) is 0 Å². The van der Waals surface area contributed by atoms with E-state index in [1.165, 1.54) is 5.56 Å². The summed E-state index contributed by atoms with van der Waals surface area (Å²) in [4.78, 5) is 26.3. The number of rotatable bonds is 6. The molecule has 0 bridgehead atoms. The highest BCUT2D eigenvalue weighted by Gasteiger charge is 2.15. The number of amides is 1. The smallest absolute Gasteiger partial charge is 0.238 e. The lowest BCUT2D eigenvalue weighted by Crippen LogP contribution is -2.27. The van der Waals surface area contributed by atoms with Gasteiger partial charge >= 0.3 is 0 Å². The number of benzene rings is 1. The van der Waals surface area contributed by atoms with Crippen LogP contribution in [0.15, 0.2) is 71.8 Å². The second kappa shape index (κ2) is 9.03. The van der Waals surface area contributed by atoms with Crippen LogP contribution in [0.25, 0.3) is 55.6 Å². The maximum absolute atomic E-state index is 12.2. The lowest BCUT2D eigenvalue weighted by atomic mass is 10.0. The number of thiophene rings is 1. The number of aromatic nitrogens is 5. The first-order valence-electron chi connectivity index (χ1n) is 11.4. The summed E-state index contributed by atoms with van der Waals surface area (Å²) in [6.07, 6.45) is 5.28. The highest BCUT2D eigenvalue weighted by molar-refractivity contribution is 7.08. The monoisotopic (exact) mass is 493 g/mol. The Hall–Kier alpha value is -4.34. The molecule has 1 amide bonds. The van der Waals surface area contributed by atoms with E-state index >= 15 is 0 Å². The average molecular weight is 494 g/mol. The Kier molecular flexibility index (Phi) is 5.55. The van der Waals surface area contributed by atoms with Crippen LogP contribution in [0.5, 0.6) is 0 Å². The highest BCUT2D eigenvalue weighted by atomic mass is 32.1. The summed E-state index contributed by atoms with van der Waals surface area (Å²) in [6, 6.07) is 14.3. The summed E-state index contributed by atoms with van der Waals surface area (Å²) in [5.41, 5.74) is 8.35. The van der Waals surface area contributed by atoms with Crippen LogP contribution in [0.4, 0.5) is 5.69 Å². The Balaban J connectivity index is 1.38. The van der Waals surface area contributed by atoms with Gasteiger partial charge < -0.3 is 15.2 Å². The Morgan fingerprint density at radius 3 is 2.78 bits per heavy atom. The zero-order valence-electron chi connectivity index (χ0n) is 19.7. The van der Waals surface area contributed by atoms with Gasteiger partial charge in [-0.1, -0.05) is 6.07 Å². The van der Waals surface area contributed by atoms with Crippen LogP contribution in [0.3, 0.4) is 0 Å². The van der Waals surface area contributed by atoms with Crippen molar-refractivity contribution in [2.75, 3.05) is 26.0 Å². The normalized spacial score (nSPS) is 11.5. The van der Waals surface area contributed by atoms with Crippen LogP contribution in [0, 0.1) is 0 Å². The molecule has 0 aliphatic rings. The molecule has 0 unspecified atom stereocenters. The third-order valence-corrected chi connectivity index (χ3v) is 6.68. The minimum absolute atomic E-state index is 0.0826. The fourth-order valence-electron chi connectivity index (χ4n) is 4.38. The van der Waals surface area contributed by atoms with Crippen LogP contribution in [0.1, 0.15) is 0 Å². The molecule has 0 saturated carbocycles. The van der Waals surface area contributed by atoms with Crippen molar-refractivity contribution in [1.29, 1.82) is 0 Å². The van der Waals surface area contributed by atoms with E-state index in [0.29, 0.717) is 12.2 Å². The van der Waals surface area contributed by atoms with E-state index in [-0.39, 0.29) is 5.91 Å². The van der Waals surface area contributed by atoms with E-state index in [2.05, 4.69) is 59.4 Å². The molecule has 1 aromatic carbocycles. The molecule has 0 aliphatic heterocycles. The summed E-state index contributed by atoms with van der Waals surface area (Å²) >= 11 is 1.68. The van der Waals surface area contributed by atoms with E-state index in [1.54, 1.807) is 23.7 Å². The lowest BCUT2D eigenvalue weighted by Gasteiger charge is -2.11. The lowest BCUT2D eigenvalue weighted by molar-refractivity contribution is -0.116. The maximum atomic E-state index is 12.2. The summed E-state index contributed by atoms with van der Waals surface area (Å²) in [7, 11) is 3.72. The molecule has 0 saturated heterocycles. The molecule has 178 valence electrons. The molecule has 8 nitrogen and oxygen atoms in total. The SMILES string of the molecule is CN(C)CC(=O)Nc1cncc(-c2ccc3[nH]nc(-c4cc5c(-c6ccsc6)ccnc5[nH]4)c3c2)c1. The Labute approximate surface area is 211 Å². The zero-order valence-corrected chi connectivity index (χ0v) is 20.6. The van der Waals surface area contributed by atoms with Gasteiger partial charge in [-0.05, 0) is 77.9 Å². The van der Waals surface area contributed by atoms with Crippen LogP contribution in [-0.4, -0.2) is 56.6 Å². The minimum Gasteiger partial charge on any atom is -0.338 e. The van der Waals surface area contributed by atoms with Crippen molar-refractivity contribution in [3.8, 4) is 33.6 Å². The molecule has 9 heteroatoms. The van der Waals surface area contributed by atoms with Crippen molar-refractivity contribution in [1.82, 2.24) is 30.0 Å². The first-order chi connectivity index (χ1) is 17.5. The van der Waals surface area contributed by atoms with Crippen molar-refractivity contribution >= 4 is 44.9 Å². The quantitative estimate of drug-likeness (QED) is 0.288. The highest BCUT2D eigenvalue weighted by Crippen LogP contribution is 2.35. The number of fused-ring (bicyclic) bond motifs is 2. The molecule has 0 spiro atoms. The number of carbonyl (C=O) groups is 1. The van der Waals surface area contributed by atoms with Crippen molar-refractivity contribution in [3.63, 3.8) is 0 Å². The van der Waals surface area contributed by atoms with Crippen molar-refractivity contribution in [2.24, 2.45) is 0 Å². The summed E-state index contributed by atoms with van der Waals surface area (Å²) in [5.74, 6) is -0.0826. The topological polar surface area (TPSA) is 103 Å². The number of H-pyrrole nitrogens is 2. The van der Waals surface area contributed by atoms with Gasteiger partial charge in [0.15, 0.2) is 0 Å². The van der Waals surface area contributed by atoms with Gasteiger partial charge in [0.05, 0.1) is 29.6 Å². The number of hydrogen-bond donors (Lipinski definition) is 3. The standard InChI is InChI=1S/C27H23N7OS/c1-34(2)14-25(35)30-19-9-18(12-28-13-19)16-3-4-23-22(10-16)26(33-32-23)24-11-21-20(17-6-8-36-15-17)5-7-29-27(21)31-24/h3-13,15H,14H2,1-2H3,(H,29,31)(H,30,35)(H,32,33). The minimum atomic E-state index is -0.0826. The molecular formula is C27H23N7OS. The maximum Gasteiger partial charge on any atom is 0.238 e. The van der Waals surface area contributed by atoms with E-state index in [0.717, 1.165) is 50.0 Å². The van der Waals surface area contributed by atoms with Gasteiger partial charge in [0.2, 0.25) is 5.91 Å². The third-order valence-electron chi connectivity index (χ3n) is 6.00. The first-order valence-corrected chi connectivity index (χ1v) is 12.4. The Morgan fingerprint density at radius 2 is 1.94 bits per heavy atom. The summed E-state index contributed by atoms with van der Waals surface area (Å²) in [5, 5.41) is 16.9. The summed E-state index contributed by atoms with van der Waals surface area (Å²) in [6.45, 7) is 0.308. The van der Waals surface area contributed by atoms with Gasteiger partial charge in [0.1, 0.15) is 11.3 Å². The second-order valence-corrected chi connectivity index (χ2v) is 9.68. The third kappa shape index (κ3) is 4.15. The number of anilines is 1.